The lowest BCUT2D eigenvalue weighted by atomic mass is 9.42. The van der Waals surface area contributed by atoms with E-state index in [0.717, 1.165) is 30.6 Å². The van der Waals surface area contributed by atoms with Gasteiger partial charge < -0.3 is 9.47 Å². The normalized spacial score (nSPS) is 49.0. The second-order valence-corrected chi connectivity index (χ2v) is 13.4. The number of hydrogen-bond donors (Lipinski definition) is 0. The summed E-state index contributed by atoms with van der Waals surface area (Å²) in [6, 6.07) is 0. The number of Topliss-reactive ketones (excluding diaryl/α,β-unsaturated/α-hetero) is 1. The molecule has 1 unspecified atom stereocenters. The number of fused-ring (bicyclic) bond motifs is 4. The van der Waals surface area contributed by atoms with E-state index in [-0.39, 0.29) is 29.2 Å². The van der Waals surface area contributed by atoms with Crippen molar-refractivity contribution in [2.75, 3.05) is 7.11 Å². The SMILES string of the molecule is COC(=O)C1C[C@H]2[C@@H]3CC[C@H]([C@H](C)CCCC(C)C)[C@@]3(C)CC[C@@H]2[C@@]2(C)CCC(=O)[C@H]3O[C@]132. The molecule has 5 rings (SSSR count). The monoisotopic (exact) mass is 458 g/mol. The van der Waals surface area contributed by atoms with Crippen LogP contribution in [0.4, 0.5) is 0 Å². The Morgan fingerprint density at radius 3 is 2.55 bits per heavy atom. The molecule has 0 amide bonds. The van der Waals surface area contributed by atoms with Crippen molar-refractivity contribution >= 4 is 11.8 Å². The molecule has 4 saturated carbocycles. The van der Waals surface area contributed by atoms with Crippen LogP contribution in [-0.2, 0) is 19.1 Å². The van der Waals surface area contributed by atoms with Gasteiger partial charge >= 0.3 is 5.97 Å². The summed E-state index contributed by atoms with van der Waals surface area (Å²) in [5.41, 5.74) is -0.295. The highest BCUT2D eigenvalue weighted by molar-refractivity contribution is 5.91. The largest absolute Gasteiger partial charge is 0.469 e. The maximum atomic E-state index is 13.1. The predicted molar refractivity (Wildman–Crippen MR) is 128 cm³/mol. The molecule has 0 aromatic heterocycles. The maximum absolute atomic E-state index is 13.1. The molecule has 5 aliphatic rings. The van der Waals surface area contributed by atoms with E-state index in [1.54, 1.807) is 0 Å². The molecule has 4 aliphatic carbocycles. The molecule has 0 radical (unpaired) electrons. The Labute approximate surface area is 200 Å². The lowest BCUT2D eigenvalue weighted by Crippen LogP contribution is -2.63. The number of ether oxygens (including phenoxy) is 2. The standard InChI is InChI=1S/C29H46O4/c1-17(2)8-7-9-18(3)20-10-11-21-19-16-23(26(31)32-6)29-25(33-29)24(30)13-15-28(29,5)22(19)12-14-27(20,21)4/h17-23,25H,7-16H2,1-6H3/t18-,19+,20-,21+,22+,23?,25-,27-,28-,29-/m1/s1. The van der Waals surface area contributed by atoms with E-state index >= 15 is 0 Å². The van der Waals surface area contributed by atoms with E-state index in [1.807, 2.05) is 0 Å². The number of carbonyl (C=O) groups is 2. The predicted octanol–water partition coefficient (Wildman–Crippen LogP) is 6.21. The molecule has 0 aromatic rings. The molecule has 4 nitrogen and oxygen atoms in total. The van der Waals surface area contributed by atoms with Crippen molar-refractivity contribution in [3.05, 3.63) is 0 Å². The zero-order chi connectivity index (χ0) is 23.8. The molecule has 186 valence electrons. The number of epoxide rings is 1. The Morgan fingerprint density at radius 1 is 1.09 bits per heavy atom. The Kier molecular flexibility index (Phi) is 5.82. The number of ketones is 1. The molecule has 33 heavy (non-hydrogen) atoms. The van der Waals surface area contributed by atoms with Crippen molar-refractivity contribution < 1.29 is 19.1 Å². The molecule has 1 heterocycles. The molecule has 0 N–H and O–H groups in total. The van der Waals surface area contributed by atoms with Crippen LogP contribution in [0, 0.1) is 52.3 Å². The Bertz CT molecular complexity index is 805. The maximum Gasteiger partial charge on any atom is 0.311 e. The van der Waals surface area contributed by atoms with Gasteiger partial charge in [0, 0.05) is 11.8 Å². The van der Waals surface area contributed by atoms with Crippen molar-refractivity contribution in [1.29, 1.82) is 0 Å². The minimum atomic E-state index is -0.591. The van der Waals surface area contributed by atoms with Gasteiger partial charge in [0.1, 0.15) is 11.7 Å². The minimum absolute atomic E-state index is 0.0877. The average Bonchev–Trinajstić information content (AvgIpc) is 3.43. The van der Waals surface area contributed by atoms with Gasteiger partial charge in [-0.1, -0.05) is 53.9 Å². The van der Waals surface area contributed by atoms with Crippen LogP contribution in [0.2, 0.25) is 0 Å². The van der Waals surface area contributed by atoms with Gasteiger partial charge in [-0.05, 0) is 79.4 Å². The van der Waals surface area contributed by atoms with E-state index in [2.05, 4.69) is 34.6 Å². The van der Waals surface area contributed by atoms with Gasteiger partial charge in [0.15, 0.2) is 5.78 Å². The quantitative estimate of drug-likeness (QED) is 0.351. The van der Waals surface area contributed by atoms with E-state index in [0.29, 0.717) is 29.6 Å². The number of methoxy groups -OCH3 is 1. The third-order valence-corrected chi connectivity index (χ3v) is 11.7. The van der Waals surface area contributed by atoms with Gasteiger partial charge in [0.05, 0.1) is 13.0 Å². The van der Waals surface area contributed by atoms with Gasteiger partial charge in [0.25, 0.3) is 0 Å². The van der Waals surface area contributed by atoms with Gasteiger partial charge in [0.2, 0.25) is 0 Å². The van der Waals surface area contributed by atoms with Gasteiger partial charge in [-0.2, -0.15) is 0 Å². The van der Waals surface area contributed by atoms with Crippen LogP contribution in [0.3, 0.4) is 0 Å². The Morgan fingerprint density at radius 2 is 1.85 bits per heavy atom. The Balaban J connectivity index is 1.41. The molecular weight excluding hydrogens is 412 g/mol. The minimum Gasteiger partial charge on any atom is -0.469 e. The van der Waals surface area contributed by atoms with Crippen LogP contribution in [0.5, 0.6) is 0 Å². The summed E-state index contributed by atoms with van der Waals surface area (Å²) in [6.07, 6.45) is 11.2. The van der Waals surface area contributed by atoms with Crippen LogP contribution in [-0.4, -0.2) is 30.6 Å². The summed E-state index contributed by atoms with van der Waals surface area (Å²) in [5, 5.41) is 0. The summed E-state index contributed by atoms with van der Waals surface area (Å²) in [7, 11) is 1.50. The second-order valence-electron chi connectivity index (χ2n) is 13.4. The molecule has 5 fully saturated rings. The van der Waals surface area contributed by atoms with E-state index in [9.17, 15) is 9.59 Å². The molecule has 4 heteroatoms. The third-order valence-electron chi connectivity index (χ3n) is 11.7. The smallest absolute Gasteiger partial charge is 0.311 e. The number of rotatable bonds is 6. The van der Waals surface area contributed by atoms with Crippen molar-refractivity contribution in [3.8, 4) is 0 Å². The Hall–Kier alpha value is -0.900. The first-order valence-corrected chi connectivity index (χ1v) is 13.9. The van der Waals surface area contributed by atoms with Crippen LogP contribution in [0.15, 0.2) is 0 Å². The summed E-state index contributed by atoms with van der Waals surface area (Å²) in [5.74, 6) is 3.93. The molecule has 10 atom stereocenters. The van der Waals surface area contributed by atoms with E-state index < -0.39 is 5.60 Å². The fourth-order valence-electron chi connectivity index (χ4n) is 10.0. The molecule has 1 saturated heterocycles. The van der Waals surface area contributed by atoms with Crippen LogP contribution >= 0.6 is 0 Å². The topological polar surface area (TPSA) is 55.9 Å². The third kappa shape index (κ3) is 3.24. The highest BCUT2D eigenvalue weighted by atomic mass is 16.6. The lowest BCUT2D eigenvalue weighted by Gasteiger charge is -2.61. The molecule has 0 aromatic carbocycles. The summed E-state index contributed by atoms with van der Waals surface area (Å²) < 4.78 is 11.6. The van der Waals surface area contributed by atoms with Crippen molar-refractivity contribution in [2.45, 2.75) is 111 Å². The average molecular weight is 459 g/mol. The number of carbonyl (C=O) groups excluding carboxylic acids is 2. The molecule has 1 spiro atoms. The number of hydrogen-bond acceptors (Lipinski definition) is 4. The molecule has 1 aliphatic heterocycles. The molecule has 0 bridgehead atoms. The highest BCUT2D eigenvalue weighted by Gasteiger charge is 2.81. The van der Waals surface area contributed by atoms with Crippen LogP contribution in [0.1, 0.15) is 98.8 Å². The summed E-state index contributed by atoms with van der Waals surface area (Å²) in [4.78, 5) is 25.7. The van der Waals surface area contributed by atoms with Crippen molar-refractivity contribution in [1.82, 2.24) is 0 Å². The van der Waals surface area contributed by atoms with Crippen molar-refractivity contribution in [3.63, 3.8) is 0 Å². The second kappa shape index (κ2) is 8.07. The first-order valence-electron chi connectivity index (χ1n) is 13.9. The molecular formula is C29H46O4. The van der Waals surface area contributed by atoms with E-state index in [1.165, 1.54) is 52.1 Å². The lowest BCUT2D eigenvalue weighted by molar-refractivity contribution is -0.173. The fraction of sp³-hybridized carbons (Fsp3) is 0.931. The summed E-state index contributed by atoms with van der Waals surface area (Å²) in [6.45, 7) is 12.1. The van der Waals surface area contributed by atoms with Crippen molar-refractivity contribution in [2.24, 2.45) is 52.3 Å². The van der Waals surface area contributed by atoms with Crippen LogP contribution < -0.4 is 0 Å². The fourth-order valence-corrected chi connectivity index (χ4v) is 10.0. The highest BCUT2D eigenvalue weighted by Crippen LogP contribution is 2.74. The van der Waals surface area contributed by atoms with Gasteiger partial charge in [-0.15, -0.1) is 0 Å². The van der Waals surface area contributed by atoms with Gasteiger partial charge in [-0.3, -0.25) is 9.59 Å². The van der Waals surface area contributed by atoms with Crippen LogP contribution in [0.25, 0.3) is 0 Å². The van der Waals surface area contributed by atoms with Gasteiger partial charge in [-0.25, -0.2) is 0 Å². The summed E-state index contributed by atoms with van der Waals surface area (Å²) >= 11 is 0. The number of esters is 1. The zero-order valence-electron chi connectivity index (χ0n) is 21.8. The first-order chi connectivity index (χ1) is 15.6. The zero-order valence-corrected chi connectivity index (χ0v) is 21.8. The van der Waals surface area contributed by atoms with E-state index in [4.69, 9.17) is 9.47 Å². The first kappa shape index (κ1) is 23.8.